The number of benzene rings is 2. The van der Waals surface area contributed by atoms with Crippen LogP contribution in [0, 0.1) is 11.8 Å². The first-order valence-electron chi connectivity index (χ1n) is 7.89. The largest absolute Gasteiger partial charge is 0.465 e. The van der Waals surface area contributed by atoms with Crippen molar-refractivity contribution >= 4 is 5.97 Å². The van der Waals surface area contributed by atoms with Crippen LogP contribution < -0.4 is 9.47 Å². The van der Waals surface area contributed by atoms with Crippen molar-refractivity contribution in [2.45, 2.75) is 12.8 Å². The first-order valence-corrected chi connectivity index (χ1v) is 7.89. The zero-order valence-corrected chi connectivity index (χ0v) is 12.7. The van der Waals surface area contributed by atoms with E-state index in [2.05, 4.69) is 12.1 Å². The summed E-state index contributed by atoms with van der Waals surface area (Å²) < 4.78 is 16.1. The Labute approximate surface area is 135 Å². The Kier molecular flexibility index (Phi) is 3.66. The predicted molar refractivity (Wildman–Crippen MR) is 84.4 cm³/mol. The number of cyclic esters (lactones) is 1. The molecule has 0 amide bonds. The summed E-state index contributed by atoms with van der Waals surface area (Å²) in [5.41, 5.74) is 2.32. The standard InChI is InChI=1S/C19H18O4/c20-19-16(9-13-4-2-1-3-5-13)15(11-21-19)8-14-6-7-17-18(10-14)23-12-22-17/h1-7,10,15-16H,8-9,11-12H2/t15-,16+/m0/s1. The lowest BCUT2D eigenvalue weighted by Crippen LogP contribution is -2.20. The molecule has 0 aliphatic carbocycles. The van der Waals surface area contributed by atoms with Crippen molar-refractivity contribution in [3.05, 3.63) is 59.7 Å². The fourth-order valence-electron chi connectivity index (χ4n) is 3.29. The fourth-order valence-corrected chi connectivity index (χ4v) is 3.29. The molecule has 0 radical (unpaired) electrons. The van der Waals surface area contributed by atoms with Gasteiger partial charge in [0.1, 0.15) is 0 Å². The third kappa shape index (κ3) is 2.89. The second kappa shape index (κ2) is 5.95. The van der Waals surface area contributed by atoms with E-state index in [1.54, 1.807) is 0 Å². The SMILES string of the molecule is O=C1OC[C@H](Cc2ccc3c(c2)OCO3)[C@H]1Cc1ccccc1. The Bertz CT molecular complexity index is 711. The number of carbonyl (C=O) groups excluding carboxylic acids is 1. The highest BCUT2D eigenvalue weighted by atomic mass is 16.7. The third-order valence-corrected chi connectivity index (χ3v) is 4.54. The minimum atomic E-state index is -0.0837. The molecule has 4 nitrogen and oxygen atoms in total. The number of hydrogen-bond donors (Lipinski definition) is 0. The van der Waals surface area contributed by atoms with Crippen molar-refractivity contribution in [3.63, 3.8) is 0 Å². The summed E-state index contributed by atoms with van der Waals surface area (Å²) in [5.74, 6) is 1.60. The highest BCUT2D eigenvalue weighted by Gasteiger charge is 2.36. The molecule has 2 aromatic rings. The molecule has 4 rings (SSSR count). The van der Waals surface area contributed by atoms with Crippen LogP contribution in [0.4, 0.5) is 0 Å². The minimum Gasteiger partial charge on any atom is -0.465 e. The smallest absolute Gasteiger partial charge is 0.309 e. The molecule has 0 saturated carbocycles. The molecule has 1 saturated heterocycles. The Hall–Kier alpha value is -2.49. The first kappa shape index (κ1) is 14.1. The van der Waals surface area contributed by atoms with Gasteiger partial charge in [-0.2, -0.15) is 0 Å². The summed E-state index contributed by atoms with van der Waals surface area (Å²) in [6.07, 6.45) is 1.54. The van der Waals surface area contributed by atoms with E-state index in [1.165, 1.54) is 5.56 Å². The maximum atomic E-state index is 12.1. The molecule has 2 aliphatic rings. The molecule has 1 fully saturated rings. The van der Waals surface area contributed by atoms with E-state index in [4.69, 9.17) is 14.2 Å². The molecule has 4 heteroatoms. The van der Waals surface area contributed by atoms with Crippen LogP contribution in [0.1, 0.15) is 11.1 Å². The van der Waals surface area contributed by atoms with Gasteiger partial charge >= 0.3 is 5.97 Å². The van der Waals surface area contributed by atoms with Gasteiger partial charge in [0, 0.05) is 5.92 Å². The highest BCUT2D eigenvalue weighted by molar-refractivity contribution is 5.75. The van der Waals surface area contributed by atoms with E-state index in [-0.39, 0.29) is 24.6 Å². The molecular weight excluding hydrogens is 292 g/mol. The van der Waals surface area contributed by atoms with Crippen molar-refractivity contribution in [3.8, 4) is 11.5 Å². The van der Waals surface area contributed by atoms with Crippen molar-refractivity contribution in [1.82, 2.24) is 0 Å². The second-order valence-corrected chi connectivity index (χ2v) is 6.08. The van der Waals surface area contributed by atoms with Crippen LogP contribution in [0.15, 0.2) is 48.5 Å². The average molecular weight is 310 g/mol. The maximum Gasteiger partial charge on any atom is 0.309 e. The third-order valence-electron chi connectivity index (χ3n) is 4.54. The number of ether oxygens (including phenoxy) is 3. The van der Waals surface area contributed by atoms with Crippen molar-refractivity contribution < 1.29 is 19.0 Å². The van der Waals surface area contributed by atoms with Crippen molar-refractivity contribution in [1.29, 1.82) is 0 Å². The highest BCUT2D eigenvalue weighted by Crippen LogP contribution is 2.35. The lowest BCUT2D eigenvalue weighted by Gasteiger charge is -2.15. The average Bonchev–Trinajstić information content (AvgIpc) is 3.17. The van der Waals surface area contributed by atoms with Gasteiger partial charge in [-0.1, -0.05) is 36.4 Å². The van der Waals surface area contributed by atoms with Gasteiger partial charge in [-0.25, -0.2) is 0 Å². The zero-order chi connectivity index (χ0) is 15.6. The molecule has 0 spiro atoms. The first-order chi connectivity index (χ1) is 11.3. The van der Waals surface area contributed by atoms with Gasteiger partial charge in [-0.3, -0.25) is 4.79 Å². The van der Waals surface area contributed by atoms with E-state index in [1.807, 2.05) is 36.4 Å². The molecule has 2 aliphatic heterocycles. The van der Waals surface area contributed by atoms with Crippen LogP contribution in [-0.2, 0) is 22.4 Å². The Balaban J connectivity index is 1.50. The molecule has 0 N–H and O–H groups in total. The summed E-state index contributed by atoms with van der Waals surface area (Å²) >= 11 is 0. The number of carbonyl (C=O) groups is 1. The molecule has 2 heterocycles. The van der Waals surface area contributed by atoms with Gasteiger partial charge in [0.05, 0.1) is 12.5 Å². The fraction of sp³-hybridized carbons (Fsp3) is 0.316. The van der Waals surface area contributed by atoms with E-state index in [0.717, 1.165) is 29.9 Å². The number of hydrogen-bond acceptors (Lipinski definition) is 4. The van der Waals surface area contributed by atoms with E-state index < -0.39 is 0 Å². The van der Waals surface area contributed by atoms with Crippen LogP contribution in [0.2, 0.25) is 0 Å². The lowest BCUT2D eigenvalue weighted by atomic mass is 9.85. The van der Waals surface area contributed by atoms with Crippen molar-refractivity contribution in [2.75, 3.05) is 13.4 Å². The van der Waals surface area contributed by atoms with E-state index in [9.17, 15) is 4.79 Å². The minimum absolute atomic E-state index is 0.0807. The topological polar surface area (TPSA) is 44.8 Å². The molecule has 2 atom stereocenters. The molecule has 0 unspecified atom stereocenters. The Morgan fingerprint density at radius 3 is 2.57 bits per heavy atom. The number of fused-ring (bicyclic) bond motifs is 1. The van der Waals surface area contributed by atoms with E-state index in [0.29, 0.717) is 6.61 Å². The van der Waals surface area contributed by atoms with Crippen LogP contribution in [-0.4, -0.2) is 19.4 Å². The number of rotatable bonds is 4. The molecule has 118 valence electrons. The molecule has 0 bridgehead atoms. The summed E-state index contributed by atoms with van der Waals surface area (Å²) in [4.78, 5) is 12.1. The molecule has 23 heavy (non-hydrogen) atoms. The quantitative estimate of drug-likeness (QED) is 0.814. The summed E-state index contributed by atoms with van der Waals surface area (Å²) in [6.45, 7) is 0.769. The van der Waals surface area contributed by atoms with Gasteiger partial charge in [0.15, 0.2) is 11.5 Å². The van der Waals surface area contributed by atoms with Crippen LogP contribution in [0.5, 0.6) is 11.5 Å². The molecular formula is C19H18O4. The van der Waals surface area contributed by atoms with Crippen LogP contribution in [0.25, 0.3) is 0 Å². The van der Waals surface area contributed by atoms with Gasteiger partial charge in [0.25, 0.3) is 0 Å². The maximum absolute atomic E-state index is 12.1. The van der Waals surface area contributed by atoms with Gasteiger partial charge in [-0.15, -0.1) is 0 Å². The monoisotopic (exact) mass is 310 g/mol. The second-order valence-electron chi connectivity index (χ2n) is 6.08. The van der Waals surface area contributed by atoms with Crippen LogP contribution in [0.3, 0.4) is 0 Å². The molecule has 2 aromatic carbocycles. The summed E-state index contributed by atoms with van der Waals surface area (Å²) in [6, 6.07) is 16.1. The van der Waals surface area contributed by atoms with Gasteiger partial charge in [-0.05, 0) is 36.1 Å². The zero-order valence-electron chi connectivity index (χ0n) is 12.7. The van der Waals surface area contributed by atoms with E-state index >= 15 is 0 Å². The van der Waals surface area contributed by atoms with Gasteiger partial charge < -0.3 is 14.2 Å². The van der Waals surface area contributed by atoms with Crippen LogP contribution >= 0.6 is 0 Å². The summed E-state index contributed by atoms with van der Waals surface area (Å²) in [7, 11) is 0. The predicted octanol–water partition coefficient (Wildman–Crippen LogP) is 2.99. The summed E-state index contributed by atoms with van der Waals surface area (Å²) in [5, 5.41) is 0. The van der Waals surface area contributed by atoms with Crippen molar-refractivity contribution in [2.24, 2.45) is 11.8 Å². The molecule has 0 aromatic heterocycles. The number of esters is 1. The van der Waals surface area contributed by atoms with Gasteiger partial charge in [0.2, 0.25) is 6.79 Å². The Morgan fingerprint density at radius 2 is 1.70 bits per heavy atom. The normalized spacial score (nSPS) is 22.2. The lowest BCUT2D eigenvalue weighted by molar-refractivity contribution is -0.141. The Morgan fingerprint density at radius 1 is 0.870 bits per heavy atom.